The van der Waals surface area contributed by atoms with Gasteiger partial charge in [-0.3, -0.25) is 0 Å². The summed E-state index contributed by atoms with van der Waals surface area (Å²) in [6.07, 6.45) is 7.14. The summed E-state index contributed by atoms with van der Waals surface area (Å²) < 4.78 is 0. The third-order valence-corrected chi connectivity index (χ3v) is 1.48. The van der Waals surface area contributed by atoms with E-state index in [-0.39, 0.29) is 6.03 Å². The first kappa shape index (κ1) is 10.8. The standard InChI is InChI=1S/C9H16N2O/c1-4-6-7-10-9(12)11(3)8-5-2/h2H,4,6-8H2,1,3H3,(H,10,12). The summed E-state index contributed by atoms with van der Waals surface area (Å²) in [4.78, 5) is 12.6. The zero-order chi connectivity index (χ0) is 9.40. The predicted octanol–water partition coefficient (Wildman–Crippen LogP) is 1.06. The lowest BCUT2D eigenvalue weighted by Crippen LogP contribution is -2.37. The predicted molar refractivity (Wildman–Crippen MR) is 49.8 cm³/mol. The van der Waals surface area contributed by atoms with Crippen LogP contribution in [0.1, 0.15) is 19.8 Å². The normalized spacial score (nSPS) is 8.75. The van der Waals surface area contributed by atoms with Crippen LogP contribution in [-0.2, 0) is 0 Å². The summed E-state index contributed by atoms with van der Waals surface area (Å²) in [5.41, 5.74) is 0. The molecule has 1 N–H and O–H groups in total. The lowest BCUT2D eigenvalue weighted by Gasteiger charge is -2.14. The SMILES string of the molecule is C#CCN(C)C(=O)NCCCC. The smallest absolute Gasteiger partial charge is 0.317 e. The van der Waals surface area contributed by atoms with Gasteiger partial charge in [-0.25, -0.2) is 4.79 Å². The van der Waals surface area contributed by atoms with Crippen molar-refractivity contribution in [1.82, 2.24) is 10.2 Å². The number of urea groups is 1. The summed E-state index contributed by atoms with van der Waals surface area (Å²) in [6, 6.07) is -0.0959. The Bertz CT molecular complexity index is 172. The Labute approximate surface area is 74.1 Å². The molecule has 0 saturated carbocycles. The van der Waals surface area contributed by atoms with Gasteiger partial charge in [-0.05, 0) is 6.42 Å². The van der Waals surface area contributed by atoms with Gasteiger partial charge in [0.15, 0.2) is 0 Å². The van der Waals surface area contributed by atoms with E-state index >= 15 is 0 Å². The maximum atomic E-state index is 11.1. The molecule has 0 aliphatic rings. The molecule has 0 aromatic rings. The number of hydrogen-bond donors (Lipinski definition) is 1. The van der Waals surface area contributed by atoms with Crippen LogP contribution in [0, 0.1) is 12.3 Å². The Hall–Kier alpha value is -1.17. The van der Waals surface area contributed by atoms with Gasteiger partial charge in [0.25, 0.3) is 0 Å². The number of nitrogens with zero attached hydrogens (tertiary/aromatic N) is 1. The van der Waals surface area contributed by atoms with Crippen molar-refractivity contribution in [3.63, 3.8) is 0 Å². The minimum absolute atomic E-state index is 0.0959. The van der Waals surface area contributed by atoms with Crippen LogP contribution in [0.5, 0.6) is 0 Å². The molecule has 2 amide bonds. The number of amides is 2. The first-order chi connectivity index (χ1) is 5.72. The maximum absolute atomic E-state index is 11.1. The molecule has 0 fully saturated rings. The Kier molecular flexibility index (Phi) is 5.90. The first-order valence-corrected chi connectivity index (χ1v) is 4.14. The highest BCUT2D eigenvalue weighted by Gasteiger charge is 2.03. The molecule has 0 aliphatic heterocycles. The molecule has 0 aliphatic carbocycles. The van der Waals surface area contributed by atoms with Gasteiger partial charge in [-0.1, -0.05) is 19.3 Å². The fourth-order valence-corrected chi connectivity index (χ4v) is 0.716. The number of unbranched alkanes of at least 4 members (excludes halogenated alkanes) is 1. The van der Waals surface area contributed by atoms with Gasteiger partial charge in [0.05, 0.1) is 6.54 Å². The Morgan fingerprint density at radius 1 is 1.67 bits per heavy atom. The van der Waals surface area contributed by atoms with Crippen LogP contribution in [0.2, 0.25) is 0 Å². The summed E-state index contributed by atoms with van der Waals surface area (Å²) in [6.45, 7) is 3.17. The highest BCUT2D eigenvalue weighted by Crippen LogP contribution is 1.86. The minimum Gasteiger partial charge on any atom is -0.338 e. The van der Waals surface area contributed by atoms with Crippen LogP contribution in [0.25, 0.3) is 0 Å². The molecule has 12 heavy (non-hydrogen) atoms. The molecule has 0 radical (unpaired) electrons. The van der Waals surface area contributed by atoms with Gasteiger partial charge < -0.3 is 10.2 Å². The summed E-state index contributed by atoms with van der Waals surface area (Å²) in [7, 11) is 1.68. The van der Waals surface area contributed by atoms with Crippen LogP contribution >= 0.6 is 0 Å². The highest BCUT2D eigenvalue weighted by molar-refractivity contribution is 5.74. The maximum Gasteiger partial charge on any atom is 0.317 e. The fourth-order valence-electron chi connectivity index (χ4n) is 0.716. The summed E-state index contributed by atoms with van der Waals surface area (Å²) >= 11 is 0. The molecular formula is C9H16N2O. The largest absolute Gasteiger partial charge is 0.338 e. The minimum atomic E-state index is -0.0959. The second-order valence-electron chi connectivity index (χ2n) is 2.65. The number of carbonyl (C=O) groups is 1. The molecule has 0 spiro atoms. The van der Waals surface area contributed by atoms with Crippen LogP contribution < -0.4 is 5.32 Å². The number of carbonyl (C=O) groups excluding carboxylic acids is 1. The fraction of sp³-hybridized carbons (Fsp3) is 0.667. The number of terminal acetylenes is 1. The number of rotatable bonds is 4. The average molecular weight is 168 g/mol. The topological polar surface area (TPSA) is 32.3 Å². The van der Waals surface area contributed by atoms with Crippen molar-refractivity contribution in [2.45, 2.75) is 19.8 Å². The molecule has 0 rings (SSSR count). The second kappa shape index (κ2) is 6.53. The molecule has 0 atom stereocenters. The molecule has 68 valence electrons. The third-order valence-electron chi connectivity index (χ3n) is 1.48. The number of nitrogens with one attached hydrogen (secondary N) is 1. The summed E-state index contributed by atoms with van der Waals surface area (Å²) in [5, 5.41) is 2.76. The van der Waals surface area contributed by atoms with E-state index in [1.54, 1.807) is 7.05 Å². The quantitative estimate of drug-likeness (QED) is 0.494. The van der Waals surface area contributed by atoms with E-state index in [1.165, 1.54) is 4.90 Å². The van der Waals surface area contributed by atoms with Gasteiger partial charge in [0.1, 0.15) is 0 Å². The lowest BCUT2D eigenvalue weighted by molar-refractivity contribution is 0.213. The van der Waals surface area contributed by atoms with E-state index in [1.807, 2.05) is 0 Å². The van der Waals surface area contributed by atoms with Gasteiger partial charge in [-0.2, -0.15) is 0 Å². The van der Waals surface area contributed by atoms with E-state index in [0.29, 0.717) is 6.54 Å². The molecule has 3 nitrogen and oxygen atoms in total. The van der Waals surface area contributed by atoms with Crippen molar-refractivity contribution in [1.29, 1.82) is 0 Å². The summed E-state index contributed by atoms with van der Waals surface area (Å²) in [5.74, 6) is 2.40. The van der Waals surface area contributed by atoms with E-state index in [0.717, 1.165) is 19.4 Å². The monoisotopic (exact) mass is 168 g/mol. The molecule has 0 aromatic heterocycles. The second-order valence-corrected chi connectivity index (χ2v) is 2.65. The Balaban J connectivity index is 3.51. The van der Waals surface area contributed by atoms with Gasteiger partial charge in [-0.15, -0.1) is 6.42 Å². The third kappa shape index (κ3) is 4.62. The zero-order valence-electron chi connectivity index (χ0n) is 7.76. The van der Waals surface area contributed by atoms with Crippen LogP contribution in [0.4, 0.5) is 4.79 Å². The molecule has 3 heteroatoms. The van der Waals surface area contributed by atoms with E-state index in [2.05, 4.69) is 18.2 Å². The van der Waals surface area contributed by atoms with Gasteiger partial charge in [0, 0.05) is 13.6 Å². The van der Waals surface area contributed by atoms with E-state index in [9.17, 15) is 4.79 Å². The van der Waals surface area contributed by atoms with Crippen molar-refractivity contribution in [2.75, 3.05) is 20.1 Å². The molecule has 0 saturated heterocycles. The van der Waals surface area contributed by atoms with Crippen molar-refractivity contribution < 1.29 is 4.79 Å². The molecule has 0 heterocycles. The Morgan fingerprint density at radius 2 is 2.33 bits per heavy atom. The molecule has 0 bridgehead atoms. The van der Waals surface area contributed by atoms with Crippen molar-refractivity contribution in [3.05, 3.63) is 0 Å². The van der Waals surface area contributed by atoms with E-state index in [4.69, 9.17) is 6.42 Å². The van der Waals surface area contributed by atoms with Crippen molar-refractivity contribution >= 4 is 6.03 Å². The molecule has 0 unspecified atom stereocenters. The highest BCUT2D eigenvalue weighted by atomic mass is 16.2. The zero-order valence-corrected chi connectivity index (χ0v) is 7.76. The van der Waals surface area contributed by atoms with E-state index < -0.39 is 0 Å². The molecule has 0 aromatic carbocycles. The van der Waals surface area contributed by atoms with Crippen LogP contribution in [0.15, 0.2) is 0 Å². The first-order valence-electron chi connectivity index (χ1n) is 4.14. The van der Waals surface area contributed by atoms with Crippen molar-refractivity contribution in [2.24, 2.45) is 0 Å². The average Bonchev–Trinajstić information content (AvgIpc) is 2.05. The van der Waals surface area contributed by atoms with Gasteiger partial charge in [0.2, 0.25) is 0 Å². The van der Waals surface area contributed by atoms with Gasteiger partial charge >= 0.3 is 6.03 Å². The Morgan fingerprint density at radius 3 is 2.83 bits per heavy atom. The lowest BCUT2D eigenvalue weighted by atomic mass is 10.3. The number of hydrogen-bond acceptors (Lipinski definition) is 1. The van der Waals surface area contributed by atoms with Crippen LogP contribution in [0.3, 0.4) is 0 Å². The molecular weight excluding hydrogens is 152 g/mol. The van der Waals surface area contributed by atoms with Crippen molar-refractivity contribution in [3.8, 4) is 12.3 Å². The van der Waals surface area contributed by atoms with Crippen LogP contribution in [-0.4, -0.2) is 31.1 Å².